The molecular weight excluding hydrogens is 441 g/mol. The second kappa shape index (κ2) is 8.86. The third-order valence-corrected chi connectivity index (χ3v) is 7.47. The molecule has 0 atom stereocenters. The summed E-state index contributed by atoms with van der Waals surface area (Å²) in [4.78, 5) is 0. The molecule has 5 heteroatoms. The normalized spacial score (nSPS) is 15.5. The van der Waals surface area contributed by atoms with E-state index >= 15 is 0 Å². The van der Waals surface area contributed by atoms with Crippen LogP contribution in [0.15, 0.2) is 72.8 Å². The third kappa shape index (κ3) is 4.16. The molecule has 1 saturated carbocycles. The monoisotopic (exact) mass is 460 g/mol. The number of hydrogen-bond donors (Lipinski definition) is 0. The van der Waals surface area contributed by atoms with Gasteiger partial charge in [0, 0.05) is 33.3 Å². The highest BCUT2D eigenvalue weighted by molar-refractivity contribution is 7.15. The molecule has 1 aliphatic rings. The van der Waals surface area contributed by atoms with Crippen molar-refractivity contribution in [1.82, 2.24) is 0 Å². The van der Waals surface area contributed by atoms with Crippen molar-refractivity contribution in [2.75, 3.05) is 0 Å². The van der Waals surface area contributed by atoms with Gasteiger partial charge in [-0.05, 0) is 49.2 Å². The highest BCUT2D eigenvalue weighted by Gasteiger charge is 2.48. The lowest BCUT2D eigenvalue weighted by Gasteiger charge is -2.43. The second-order valence-electron chi connectivity index (χ2n) is 7.85. The maximum Gasteiger partial charge on any atom is 0.277 e. The van der Waals surface area contributed by atoms with Crippen LogP contribution in [0.1, 0.15) is 25.7 Å². The molecule has 4 rings (SSSR count). The van der Waals surface area contributed by atoms with Crippen molar-refractivity contribution in [3.63, 3.8) is 0 Å². The summed E-state index contributed by atoms with van der Waals surface area (Å²) in [6.07, 6.45) is 2.67. The molecule has 0 aliphatic heterocycles. The molecule has 0 saturated heterocycles. The van der Waals surface area contributed by atoms with E-state index < -0.39 is 6.15 Å². The van der Waals surface area contributed by atoms with Crippen LogP contribution in [0.25, 0.3) is 0 Å². The highest BCUT2D eigenvalue weighted by atomic mass is 35.5. The lowest BCUT2D eigenvalue weighted by Crippen LogP contribution is -2.71. The van der Waals surface area contributed by atoms with E-state index in [2.05, 4.69) is 36.4 Å². The van der Waals surface area contributed by atoms with E-state index in [0.29, 0.717) is 0 Å². The van der Waals surface area contributed by atoms with Gasteiger partial charge in [0.25, 0.3) is 6.15 Å². The minimum absolute atomic E-state index is 0.243. The average molecular weight is 462 g/mol. The Morgan fingerprint density at radius 3 is 1.21 bits per heavy atom. The van der Waals surface area contributed by atoms with Crippen LogP contribution in [0.3, 0.4) is 0 Å². The molecule has 1 fully saturated rings. The van der Waals surface area contributed by atoms with Gasteiger partial charge in [-0.2, -0.15) is 16.4 Å². The molecule has 1 aliphatic carbocycles. The van der Waals surface area contributed by atoms with Crippen LogP contribution in [-0.4, -0.2) is 11.5 Å². The first-order valence-electron chi connectivity index (χ1n) is 9.93. The molecule has 0 bridgehead atoms. The summed E-state index contributed by atoms with van der Waals surface area (Å²) in [7, 11) is 0. The minimum Gasteiger partial charge on any atom is -0.150 e. The van der Waals surface area contributed by atoms with Crippen LogP contribution in [0.2, 0.25) is 15.1 Å². The fraction of sp³-hybridized carbons (Fsp3) is 0.208. The SMILES string of the molecule is Clc1ccc([B-](c2ccc(Cl)cc2)(c2ccc(Cl)cc2)[C+]2CCC(Cl)CC2)cc1. The van der Waals surface area contributed by atoms with Crippen molar-refractivity contribution < 1.29 is 0 Å². The van der Waals surface area contributed by atoms with Crippen molar-refractivity contribution in [3.8, 4) is 0 Å². The zero-order chi connectivity index (χ0) is 20.4. The standard InChI is InChI=1S/C24H21BCl4/c26-21-9-1-17(2-10-21)25(18-3-11-22(27)12-4-18,19-5-13-23(28)14-6-19)20-7-15-24(29)16-8-20/h1-6,9-14,24H,7-8,15-16H2. The maximum atomic E-state index is 6.47. The first-order chi connectivity index (χ1) is 14.0. The van der Waals surface area contributed by atoms with Gasteiger partial charge in [0.2, 0.25) is 0 Å². The quantitative estimate of drug-likeness (QED) is 0.239. The fourth-order valence-electron chi connectivity index (χ4n) is 4.93. The Labute approximate surface area is 193 Å². The summed E-state index contributed by atoms with van der Waals surface area (Å²) in [5.41, 5.74) is 3.76. The Bertz CT molecular complexity index is 833. The Kier molecular flexibility index (Phi) is 6.42. The smallest absolute Gasteiger partial charge is 0.150 e. The van der Waals surface area contributed by atoms with E-state index in [0.717, 1.165) is 40.8 Å². The van der Waals surface area contributed by atoms with Gasteiger partial charge in [0.15, 0.2) is 0 Å². The molecule has 0 spiro atoms. The van der Waals surface area contributed by atoms with Crippen molar-refractivity contribution in [2.24, 2.45) is 0 Å². The fourth-order valence-corrected chi connectivity index (χ4v) is 5.52. The van der Waals surface area contributed by atoms with Gasteiger partial charge in [-0.3, -0.25) is 0 Å². The van der Waals surface area contributed by atoms with Crippen LogP contribution in [0, 0.1) is 5.82 Å². The van der Waals surface area contributed by atoms with Gasteiger partial charge in [-0.15, -0.1) is 11.6 Å². The Balaban J connectivity index is 1.99. The van der Waals surface area contributed by atoms with E-state index in [9.17, 15) is 0 Å². The van der Waals surface area contributed by atoms with Crippen molar-refractivity contribution in [1.29, 1.82) is 0 Å². The molecule has 0 amide bonds. The predicted molar refractivity (Wildman–Crippen MR) is 130 cm³/mol. The van der Waals surface area contributed by atoms with Gasteiger partial charge >= 0.3 is 0 Å². The maximum absolute atomic E-state index is 6.47. The summed E-state index contributed by atoms with van der Waals surface area (Å²) < 4.78 is 0. The summed E-state index contributed by atoms with van der Waals surface area (Å²) >= 11 is 25.2. The summed E-state index contributed by atoms with van der Waals surface area (Å²) in [6.45, 7) is 0. The van der Waals surface area contributed by atoms with Crippen molar-refractivity contribution >= 4 is 68.9 Å². The van der Waals surface area contributed by atoms with E-state index in [1.54, 1.807) is 0 Å². The molecule has 29 heavy (non-hydrogen) atoms. The lowest BCUT2D eigenvalue weighted by molar-refractivity contribution is 0.578. The van der Waals surface area contributed by atoms with E-state index in [1.807, 2.05) is 36.4 Å². The van der Waals surface area contributed by atoms with Crippen LogP contribution < -0.4 is 16.4 Å². The van der Waals surface area contributed by atoms with Crippen LogP contribution in [0.4, 0.5) is 0 Å². The van der Waals surface area contributed by atoms with Gasteiger partial charge in [-0.25, -0.2) is 0 Å². The van der Waals surface area contributed by atoms with E-state index in [4.69, 9.17) is 46.4 Å². The summed E-state index contributed by atoms with van der Waals surface area (Å²) in [5.74, 6) is 1.52. The molecule has 0 aromatic heterocycles. The largest absolute Gasteiger partial charge is 0.277 e. The molecule has 0 nitrogen and oxygen atoms in total. The first kappa shape index (κ1) is 21.0. The second-order valence-corrected chi connectivity index (χ2v) is 9.78. The molecular formula is C24H21BCl4. The van der Waals surface area contributed by atoms with Crippen molar-refractivity contribution in [3.05, 3.63) is 93.7 Å². The zero-order valence-electron chi connectivity index (χ0n) is 15.9. The minimum atomic E-state index is -1.32. The number of hydrogen-bond acceptors (Lipinski definition) is 0. The van der Waals surface area contributed by atoms with Crippen LogP contribution in [-0.2, 0) is 0 Å². The summed E-state index contributed by atoms with van der Waals surface area (Å²) in [5, 5.41) is 2.45. The zero-order valence-corrected chi connectivity index (χ0v) is 18.9. The molecule has 0 heterocycles. The van der Waals surface area contributed by atoms with Gasteiger partial charge in [0.1, 0.15) is 0 Å². The predicted octanol–water partition coefficient (Wildman–Crippen LogP) is 6.41. The third-order valence-electron chi connectivity index (χ3n) is 6.28. The molecule has 3 aromatic carbocycles. The molecule has 148 valence electrons. The van der Waals surface area contributed by atoms with Crippen LogP contribution in [0.5, 0.6) is 0 Å². The summed E-state index contributed by atoms with van der Waals surface area (Å²) in [6, 6.07) is 24.8. The van der Waals surface area contributed by atoms with E-state index in [1.165, 1.54) is 22.2 Å². The Morgan fingerprint density at radius 1 is 0.586 bits per heavy atom. The van der Waals surface area contributed by atoms with Crippen LogP contribution >= 0.6 is 46.4 Å². The number of alkyl halides is 1. The van der Waals surface area contributed by atoms with Crippen molar-refractivity contribution in [2.45, 2.75) is 31.1 Å². The molecule has 0 N–H and O–H groups in total. The Morgan fingerprint density at radius 2 is 0.897 bits per heavy atom. The average Bonchev–Trinajstić information content (AvgIpc) is 2.73. The van der Waals surface area contributed by atoms with Gasteiger partial charge < -0.3 is 0 Å². The van der Waals surface area contributed by atoms with Gasteiger partial charge in [0.05, 0.1) is 0 Å². The lowest BCUT2D eigenvalue weighted by atomic mass is 9.10. The van der Waals surface area contributed by atoms with Gasteiger partial charge in [-0.1, -0.05) is 77.0 Å². The number of benzene rings is 3. The highest BCUT2D eigenvalue weighted by Crippen LogP contribution is 2.36. The first-order valence-corrected chi connectivity index (χ1v) is 11.5. The molecule has 3 aromatic rings. The topological polar surface area (TPSA) is 0 Å². The number of halogens is 4. The van der Waals surface area contributed by atoms with E-state index in [-0.39, 0.29) is 5.38 Å². The molecule has 0 radical (unpaired) electrons. The Hall–Kier alpha value is -1.25. The number of rotatable bonds is 4. The molecule has 0 unspecified atom stereocenters.